The van der Waals surface area contributed by atoms with E-state index >= 15 is 0 Å². The summed E-state index contributed by atoms with van der Waals surface area (Å²) in [7, 11) is 0. The topological polar surface area (TPSA) is 25.8 Å². The summed E-state index contributed by atoms with van der Waals surface area (Å²) in [5.41, 5.74) is 0.974. The lowest BCUT2D eigenvalue weighted by atomic mass is 10.5. The first kappa shape index (κ1) is 7.18. The summed E-state index contributed by atoms with van der Waals surface area (Å²) in [5, 5.41) is 1.08. The third-order valence-corrected chi connectivity index (χ3v) is 3.25. The van der Waals surface area contributed by atoms with Crippen molar-refractivity contribution >= 4 is 37.5 Å². The fraction of sp³-hybridized carbons (Fsp3) is 0.143. The van der Waals surface area contributed by atoms with Crippen LogP contribution >= 0.6 is 27.3 Å². The number of hydrogen-bond acceptors (Lipinski definition) is 3. The molecule has 2 aromatic rings. The van der Waals surface area contributed by atoms with Crippen molar-refractivity contribution in [2.24, 2.45) is 0 Å². The van der Waals surface area contributed by atoms with E-state index in [4.69, 9.17) is 0 Å². The molecule has 2 rings (SSSR count). The number of fused-ring (bicyclic) bond motifs is 1. The number of rotatable bonds is 0. The Morgan fingerprint density at radius 1 is 1.45 bits per heavy atom. The van der Waals surface area contributed by atoms with Gasteiger partial charge >= 0.3 is 0 Å². The molecule has 4 heteroatoms. The zero-order chi connectivity index (χ0) is 7.84. The second kappa shape index (κ2) is 2.53. The predicted molar refractivity (Wildman–Crippen MR) is 49.9 cm³/mol. The van der Waals surface area contributed by atoms with Gasteiger partial charge in [0, 0.05) is 6.20 Å². The number of thiazole rings is 1. The summed E-state index contributed by atoms with van der Waals surface area (Å²) in [5.74, 6) is 0. The second-order valence-electron chi connectivity index (χ2n) is 2.20. The Kier molecular flexibility index (Phi) is 1.65. The highest BCUT2D eigenvalue weighted by atomic mass is 79.9. The highest BCUT2D eigenvalue weighted by molar-refractivity contribution is 9.10. The SMILES string of the molecule is Cc1nc2cncc(Br)c2s1. The molecule has 0 amide bonds. The van der Waals surface area contributed by atoms with E-state index in [1.807, 2.05) is 6.92 Å². The molecular formula is C7H5BrN2S. The van der Waals surface area contributed by atoms with Gasteiger partial charge in [0.1, 0.15) is 5.52 Å². The van der Waals surface area contributed by atoms with Crippen LogP contribution in [-0.4, -0.2) is 9.97 Å². The summed E-state index contributed by atoms with van der Waals surface area (Å²) in [6.07, 6.45) is 3.57. The Balaban J connectivity index is 2.90. The lowest BCUT2D eigenvalue weighted by molar-refractivity contribution is 1.29. The smallest absolute Gasteiger partial charge is 0.101 e. The number of pyridine rings is 1. The number of hydrogen-bond donors (Lipinski definition) is 0. The van der Waals surface area contributed by atoms with E-state index in [9.17, 15) is 0 Å². The van der Waals surface area contributed by atoms with E-state index in [0.717, 1.165) is 15.0 Å². The Morgan fingerprint density at radius 3 is 3.00 bits per heavy atom. The summed E-state index contributed by atoms with van der Waals surface area (Å²) in [6.45, 7) is 2.00. The van der Waals surface area contributed by atoms with Crippen molar-refractivity contribution in [2.75, 3.05) is 0 Å². The van der Waals surface area contributed by atoms with Crippen LogP contribution in [0.15, 0.2) is 16.9 Å². The summed E-state index contributed by atoms with van der Waals surface area (Å²) < 4.78 is 2.21. The van der Waals surface area contributed by atoms with Gasteiger partial charge in [-0.3, -0.25) is 4.98 Å². The van der Waals surface area contributed by atoms with Crippen LogP contribution in [0.3, 0.4) is 0 Å². The molecule has 56 valence electrons. The van der Waals surface area contributed by atoms with E-state index in [1.54, 1.807) is 23.7 Å². The van der Waals surface area contributed by atoms with Gasteiger partial charge in [-0.2, -0.15) is 0 Å². The van der Waals surface area contributed by atoms with Gasteiger partial charge < -0.3 is 0 Å². The van der Waals surface area contributed by atoms with Gasteiger partial charge in [-0.1, -0.05) is 0 Å². The van der Waals surface area contributed by atoms with Crippen LogP contribution in [-0.2, 0) is 0 Å². The number of aromatic nitrogens is 2. The van der Waals surface area contributed by atoms with E-state index in [2.05, 4.69) is 25.9 Å². The molecule has 0 aliphatic rings. The van der Waals surface area contributed by atoms with Gasteiger partial charge in [0.15, 0.2) is 0 Å². The third kappa shape index (κ3) is 1.16. The molecule has 0 atom stereocenters. The van der Waals surface area contributed by atoms with Crippen molar-refractivity contribution in [1.82, 2.24) is 9.97 Å². The van der Waals surface area contributed by atoms with Gasteiger partial charge in [0.2, 0.25) is 0 Å². The summed E-state index contributed by atoms with van der Waals surface area (Å²) in [4.78, 5) is 8.32. The van der Waals surface area contributed by atoms with E-state index in [0.29, 0.717) is 0 Å². The Morgan fingerprint density at radius 2 is 2.27 bits per heavy atom. The molecule has 2 aromatic heterocycles. The Bertz CT molecular complexity index is 396. The molecular weight excluding hydrogens is 224 g/mol. The monoisotopic (exact) mass is 228 g/mol. The molecule has 2 nitrogen and oxygen atoms in total. The zero-order valence-corrected chi connectivity index (χ0v) is 8.24. The number of aryl methyl sites for hydroxylation is 1. The second-order valence-corrected chi connectivity index (χ2v) is 4.26. The molecule has 0 fully saturated rings. The maximum Gasteiger partial charge on any atom is 0.101 e. The van der Waals surface area contributed by atoms with Crippen molar-refractivity contribution < 1.29 is 0 Å². The first-order chi connectivity index (χ1) is 5.27. The summed E-state index contributed by atoms with van der Waals surface area (Å²) in [6, 6.07) is 0. The van der Waals surface area contributed by atoms with Gasteiger partial charge in [-0.25, -0.2) is 4.98 Å². The van der Waals surface area contributed by atoms with Crippen molar-refractivity contribution in [2.45, 2.75) is 6.92 Å². The molecule has 0 unspecified atom stereocenters. The third-order valence-electron chi connectivity index (χ3n) is 1.36. The Hall–Kier alpha value is -0.480. The molecule has 0 saturated carbocycles. The minimum absolute atomic E-state index is 0.974. The number of nitrogens with zero attached hydrogens (tertiary/aromatic N) is 2. The first-order valence-electron chi connectivity index (χ1n) is 3.14. The quantitative estimate of drug-likeness (QED) is 0.694. The fourth-order valence-electron chi connectivity index (χ4n) is 0.934. The minimum Gasteiger partial charge on any atom is -0.261 e. The van der Waals surface area contributed by atoms with E-state index in [-0.39, 0.29) is 0 Å². The lowest BCUT2D eigenvalue weighted by Crippen LogP contribution is -1.72. The predicted octanol–water partition coefficient (Wildman–Crippen LogP) is 2.76. The fourth-order valence-corrected chi connectivity index (χ4v) is 2.29. The number of halogens is 1. The van der Waals surface area contributed by atoms with Crippen LogP contribution in [0.4, 0.5) is 0 Å². The average molecular weight is 229 g/mol. The summed E-state index contributed by atoms with van der Waals surface area (Å²) >= 11 is 5.10. The van der Waals surface area contributed by atoms with Crippen LogP contribution < -0.4 is 0 Å². The van der Waals surface area contributed by atoms with Crippen molar-refractivity contribution in [3.05, 3.63) is 21.9 Å². The molecule has 0 bridgehead atoms. The van der Waals surface area contributed by atoms with E-state index < -0.39 is 0 Å². The standard InChI is InChI=1S/C7H5BrN2S/c1-4-10-6-3-9-2-5(8)7(6)11-4/h2-3H,1H3. The van der Waals surface area contributed by atoms with Crippen LogP contribution in [0.25, 0.3) is 10.2 Å². The molecule has 0 aliphatic carbocycles. The van der Waals surface area contributed by atoms with Gasteiger partial charge in [0.05, 0.1) is 20.4 Å². The van der Waals surface area contributed by atoms with Crippen molar-refractivity contribution in [3.63, 3.8) is 0 Å². The first-order valence-corrected chi connectivity index (χ1v) is 4.75. The van der Waals surface area contributed by atoms with Crippen LogP contribution in [0.5, 0.6) is 0 Å². The highest BCUT2D eigenvalue weighted by Gasteiger charge is 2.02. The molecule has 0 aromatic carbocycles. The molecule has 0 N–H and O–H groups in total. The van der Waals surface area contributed by atoms with Crippen molar-refractivity contribution in [1.29, 1.82) is 0 Å². The maximum absolute atomic E-state index is 4.30. The zero-order valence-electron chi connectivity index (χ0n) is 5.84. The van der Waals surface area contributed by atoms with Crippen LogP contribution in [0.1, 0.15) is 5.01 Å². The normalized spacial score (nSPS) is 10.7. The van der Waals surface area contributed by atoms with Gasteiger partial charge in [0.25, 0.3) is 0 Å². The maximum atomic E-state index is 4.30. The molecule has 0 radical (unpaired) electrons. The molecule has 0 aliphatic heterocycles. The van der Waals surface area contributed by atoms with Gasteiger partial charge in [-0.15, -0.1) is 11.3 Å². The van der Waals surface area contributed by atoms with Crippen LogP contribution in [0.2, 0.25) is 0 Å². The average Bonchev–Trinajstić information content (AvgIpc) is 2.31. The van der Waals surface area contributed by atoms with Crippen molar-refractivity contribution in [3.8, 4) is 0 Å². The van der Waals surface area contributed by atoms with Gasteiger partial charge in [-0.05, 0) is 22.9 Å². The molecule has 2 heterocycles. The highest BCUT2D eigenvalue weighted by Crippen LogP contribution is 2.27. The Labute approximate surface area is 76.4 Å². The van der Waals surface area contributed by atoms with E-state index in [1.165, 1.54) is 4.70 Å². The lowest BCUT2D eigenvalue weighted by Gasteiger charge is -1.87. The van der Waals surface area contributed by atoms with Crippen LogP contribution in [0, 0.1) is 6.92 Å². The minimum atomic E-state index is 0.974. The molecule has 0 spiro atoms. The molecule has 0 saturated heterocycles. The largest absolute Gasteiger partial charge is 0.261 e. The molecule has 11 heavy (non-hydrogen) atoms.